The lowest BCUT2D eigenvalue weighted by molar-refractivity contribution is 0.614. The van der Waals surface area contributed by atoms with Crippen molar-refractivity contribution in [1.29, 1.82) is 0 Å². The van der Waals surface area contributed by atoms with Crippen molar-refractivity contribution in [3.05, 3.63) is 47.0 Å². The second kappa shape index (κ2) is 4.80. The molecule has 1 aromatic carbocycles. The van der Waals surface area contributed by atoms with Crippen LogP contribution >= 0.6 is 0 Å². The first kappa shape index (κ1) is 12.6. The van der Waals surface area contributed by atoms with Crippen LogP contribution in [0.2, 0.25) is 0 Å². The number of benzene rings is 1. The molecule has 1 unspecified atom stereocenters. The first-order valence-corrected chi connectivity index (χ1v) is 6.00. The molecule has 0 aliphatic carbocycles. The van der Waals surface area contributed by atoms with E-state index in [1.54, 1.807) is 19.1 Å². The van der Waals surface area contributed by atoms with Gasteiger partial charge in [-0.3, -0.25) is 0 Å². The molecule has 0 spiro atoms. The molecule has 2 aromatic rings. The van der Waals surface area contributed by atoms with Crippen molar-refractivity contribution < 1.29 is 4.39 Å². The van der Waals surface area contributed by atoms with Gasteiger partial charge >= 0.3 is 0 Å². The zero-order valence-electron chi connectivity index (χ0n) is 11.2. The zero-order chi connectivity index (χ0) is 13.3. The molecule has 0 amide bonds. The van der Waals surface area contributed by atoms with Crippen molar-refractivity contribution >= 4 is 5.95 Å². The van der Waals surface area contributed by atoms with Crippen molar-refractivity contribution in [3.8, 4) is 0 Å². The van der Waals surface area contributed by atoms with Gasteiger partial charge in [0.25, 0.3) is 0 Å². The van der Waals surface area contributed by atoms with Crippen molar-refractivity contribution in [3.63, 3.8) is 0 Å². The van der Waals surface area contributed by atoms with Crippen molar-refractivity contribution in [2.24, 2.45) is 7.05 Å². The van der Waals surface area contributed by atoms with Crippen molar-refractivity contribution in [2.75, 3.05) is 5.32 Å². The van der Waals surface area contributed by atoms with E-state index in [4.69, 9.17) is 0 Å². The third-order valence-electron chi connectivity index (χ3n) is 3.04. The van der Waals surface area contributed by atoms with Crippen molar-refractivity contribution in [1.82, 2.24) is 9.55 Å². The van der Waals surface area contributed by atoms with Gasteiger partial charge in [-0.2, -0.15) is 0 Å². The summed E-state index contributed by atoms with van der Waals surface area (Å²) in [4.78, 5) is 4.37. The van der Waals surface area contributed by atoms with Crippen LogP contribution < -0.4 is 5.32 Å². The molecule has 4 heteroatoms. The molecule has 0 saturated heterocycles. The van der Waals surface area contributed by atoms with Crippen LogP contribution in [0.1, 0.15) is 29.8 Å². The summed E-state index contributed by atoms with van der Waals surface area (Å²) >= 11 is 0. The highest BCUT2D eigenvalue weighted by molar-refractivity contribution is 5.35. The lowest BCUT2D eigenvalue weighted by atomic mass is 10.1. The molecule has 1 N–H and O–H groups in total. The number of hydrogen-bond acceptors (Lipinski definition) is 2. The Balaban J connectivity index is 2.19. The highest BCUT2D eigenvalue weighted by Gasteiger charge is 2.10. The molecule has 0 saturated carbocycles. The zero-order valence-corrected chi connectivity index (χ0v) is 11.2. The smallest absolute Gasteiger partial charge is 0.203 e. The van der Waals surface area contributed by atoms with Crippen LogP contribution in [0.4, 0.5) is 10.3 Å². The normalized spacial score (nSPS) is 12.5. The fourth-order valence-electron chi connectivity index (χ4n) is 1.91. The van der Waals surface area contributed by atoms with Crippen LogP contribution in [0, 0.1) is 19.7 Å². The Kier molecular flexibility index (Phi) is 3.36. The molecular formula is C14H18FN3. The van der Waals surface area contributed by atoms with E-state index < -0.39 is 0 Å². The molecule has 0 fully saturated rings. The first-order valence-electron chi connectivity index (χ1n) is 6.00. The Labute approximate surface area is 107 Å². The van der Waals surface area contributed by atoms with E-state index in [1.807, 2.05) is 37.7 Å². The van der Waals surface area contributed by atoms with Crippen molar-refractivity contribution in [2.45, 2.75) is 26.8 Å². The second-order valence-electron chi connectivity index (χ2n) is 4.69. The second-order valence-corrected chi connectivity index (χ2v) is 4.69. The molecular weight excluding hydrogens is 229 g/mol. The molecule has 96 valence electrons. The summed E-state index contributed by atoms with van der Waals surface area (Å²) in [5.74, 6) is 0.623. The number of nitrogens with one attached hydrogen (secondary N) is 1. The van der Waals surface area contributed by atoms with E-state index in [9.17, 15) is 4.39 Å². The van der Waals surface area contributed by atoms with Crippen LogP contribution in [0.25, 0.3) is 0 Å². The lowest BCUT2D eigenvalue weighted by Crippen LogP contribution is -2.10. The number of anilines is 1. The summed E-state index contributed by atoms with van der Waals surface area (Å²) in [6.07, 6.45) is 1.95. The van der Waals surface area contributed by atoms with Gasteiger partial charge in [0.1, 0.15) is 5.82 Å². The maximum atomic E-state index is 13.5. The van der Waals surface area contributed by atoms with E-state index in [0.717, 1.165) is 17.2 Å². The van der Waals surface area contributed by atoms with Gasteiger partial charge in [0.2, 0.25) is 5.95 Å². The molecule has 0 aliphatic heterocycles. The van der Waals surface area contributed by atoms with Gasteiger partial charge in [-0.05, 0) is 38.0 Å². The van der Waals surface area contributed by atoms with Gasteiger partial charge < -0.3 is 9.88 Å². The number of imidazole rings is 1. The van der Waals surface area contributed by atoms with E-state index in [1.165, 1.54) is 0 Å². The minimum atomic E-state index is -0.169. The molecule has 0 aliphatic rings. The van der Waals surface area contributed by atoms with E-state index >= 15 is 0 Å². The number of halogens is 1. The number of hydrogen-bond donors (Lipinski definition) is 1. The van der Waals surface area contributed by atoms with Crippen LogP contribution in [0.5, 0.6) is 0 Å². The molecule has 0 radical (unpaired) electrons. The summed E-state index contributed by atoms with van der Waals surface area (Å²) in [6, 6.07) is 5.32. The SMILES string of the molecule is Cc1cn(C)c(NC(C)c2ccc(C)c(F)c2)n1. The van der Waals surface area contributed by atoms with E-state index in [2.05, 4.69) is 10.3 Å². The Hall–Kier alpha value is -1.84. The maximum Gasteiger partial charge on any atom is 0.203 e. The lowest BCUT2D eigenvalue weighted by Gasteiger charge is -2.15. The minimum absolute atomic E-state index is 0.0144. The highest BCUT2D eigenvalue weighted by atomic mass is 19.1. The number of aryl methyl sites for hydroxylation is 3. The van der Waals surface area contributed by atoms with Crippen LogP contribution in [-0.4, -0.2) is 9.55 Å². The van der Waals surface area contributed by atoms with Gasteiger partial charge in [0, 0.05) is 13.2 Å². The quantitative estimate of drug-likeness (QED) is 0.901. The standard InChI is InChI=1S/C14H18FN3/c1-9-5-6-12(7-13(9)15)11(3)17-14-16-10(2)8-18(14)4/h5-8,11H,1-4H3,(H,16,17). The predicted octanol–water partition coefficient (Wildman–Crippen LogP) is 3.35. The summed E-state index contributed by atoms with van der Waals surface area (Å²) < 4.78 is 15.4. The highest BCUT2D eigenvalue weighted by Crippen LogP contribution is 2.20. The Morgan fingerprint density at radius 3 is 2.61 bits per heavy atom. The average Bonchev–Trinajstić information content (AvgIpc) is 2.61. The maximum absolute atomic E-state index is 13.5. The number of rotatable bonds is 3. The molecule has 1 aromatic heterocycles. The number of aromatic nitrogens is 2. The minimum Gasteiger partial charge on any atom is -0.349 e. The Morgan fingerprint density at radius 2 is 2.06 bits per heavy atom. The van der Waals surface area contributed by atoms with Crippen LogP contribution in [0.15, 0.2) is 24.4 Å². The molecule has 2 rings (SSSR count). The summed E-state index contributed by atoms with van der Waals surface area (Å²) in [5.41, 5.74) is 2.54. The number of nitrogens with zero attached hydrogens (tertiary/aromatic N) is 2. The fourth-order valence-corrected chi connectivity index (χ4v) is 1.91. The predicted molar refractivity (Wildman–Crippen MR) is 71.1 cm³/mol. The third-order valence-corrected chi connectivity index (χ3v) is 3.04. The topological polar surface area (TPSA) is 29.9 Å². The molecule has 0 bridgehead atoms. The molecule has 1 heterocycles. The third kappa shape index (κ3) is 2.53. The molecule has 3 nitrogen and oxygen atoms in total. The van der Waals surface area contributed by atoms with Gasteiger partial charge in [0.15, 0.2) is 0 Å². The average molecular weight is 247 g/mol. The van der Waals surface area contributed by atoms with E-state index in [0.29, 0.717) is 5.56 Å². The summed E-state index contributed by atoms with van der Waals surface area (Å²) in [5, 5.41) is 3.28. The summed E-state index contributed by atoms with van der Waals surface area (Å²) in [7, 11) is 1.94. The first-order chi connectivity index (χ1) is 8.47. The monoisotopic (exact) mass is 247 g/mol. The summed E-state index contributed by atoms with van der Waals surface area (Å²) in [6.45, 7) is 5.70. The molecule has 1 atom stereocenters. The Bertz CT molecular complexity index is 560. The van der Waals surface area contributed by atoms with Gasteiger partial charge in [-0.15, -0.1) is 0 Å². The van der Waals surface area contributed by atoms with Gasteiger partial charge in [-0.1, -0.05) is 12.1 Å². The van der Waals surface area contributed by atoms with Crippen LogP contribution in [0.3, 0.4) is 0 Å². The largest absolute Gasteiger partial charge is 0.349 e. The van der Waals surface area contributed by atoms with Gasteiger partial charge in [-0.25, -0.2) is 9.37 Å². The Morgan fingerprint density at radius 1 is 1.33 bits per heavy atom. The van der Waals surface area contributed by atoms with Gasteiger partial charge in [0.05, 0.1) is 11.7 Å². The van der Waals surface area contributed by atoms with Crippen LogP contribution in [-0.2, 0) is 7.05 Å². The molecule has 18 heavy (non-hydrogen) atoms. The van der Waals surface area contributed by atoms with E-state index in [-0.39, 0.29) is 11.9 Å². The fraction of sp³-hybridized carbons (Fsp3) is 0.357.